The third kappa shape index (κ3) is 7.24. The highest BCUT2D eigenvalue weighted by atomic mass is 15.0. The van der Waals surface area contributed by atoms with E-state index in [1.807, 2.05) is 0 Å². The molecule has 0 aliphatic rings. The topological polar surface area (TPSA) is 24.1 Å². The lowest BCUT2D eigenvalue weighted by molar-refractivity contribution is 0.673. The Bertz CT molecular complexity index is 1730. The zero-order chi connectivity index (χ0) is 33.6. The summed E-state index contributed by atoms with van der Waals surface area (Å²) in [6, 6.07) is 53.5. The first kappa shape index (κ1) is 32.8. The predicted octanol–water partition coefficient (Wildman–Crippen LogP) is 11.6. The molecule has 2 atom stereocenters. The van der Waals surface area contributed by atoms with Crippen molar-refractivity contribution < 1.29 is 0 Å². The van der Waals surface area contributed by atoms with E-state index in [2.05, 4.69) is 198 Å². The van der Waals surface area contributed by atoms with Crippen molar-refractivity contribution in [3.63, 3.8) is 0 Å². The first-order valence-corrected chi connectivity index (χ1v) is 17.2. The van der Waals surface area contributed by atoms with Gasteiger partial charge in [-0.25, -0.2) is 0 Å². The standard InChI is InChI=1S/C46H48N2/c1-31-27-33(3)45(34(4)28-31)47-35(5)36(6)48-46-41(43(37-19-11-7-12-20-37)38-21-13-8-14-22-38)29-32(2)30-42(46)44(39-23-15-9-16-24-39)40-25-17-10-18-26-40/h7-30,35-36,43-44,47-48H,1-6H3. The van der Waals surface area contributed by atoms with Crippen LogP contribution in [0.3, 0.4) is 0 Å². The van der Waals surface area contributed by atoms with Crippen LogP contribution in [0, 0.1) is 27.7 Å². The van der Waals surface area contributed by atoms with Crippen LogP contribution in [0.15, 0.2) is 146 Å². The molecule has 0 spiro atoms. The van der Waals surface area contributed by atoms with E-state index < -0.39 is 0 Å². The number of anilines is 2. The van der Waals surface area contributed by atoms with Crippen molar-refractivity contribution in [2.24, 2.45) is 0 Å². The first-order chi connectivity index (χ1) is 23.3. The average Bonchev–Trinajstić information content (AvgIpc) is 3.09. The van der Waals surface area contributed by atoms with Gasteiger partial charge in [0.1, 0.15) is 0 Å². The molecule has 2 N–H and O–H groups in total. The predicted molar refractivity (Wildman–Crippen MR) is 206 cm³/mol. The minimum absolute atomic E-state index is 0.0535. The van der Waals surface area contributed by atoms with Crippen molar-refractivity contribution in [2.75, 3.05) is 10.6 Å². The summed E-state index contributed by atoms with van der Waals surface area (Å²) in [5, 5.41) is 8.05. The van der Waals surface area contributed by atoms with Crippen molar-refractivity contribution in [2.45, 2.75) is 65.5 Å². The van der Waals surface area contributed by atoms with Gasteiger partial charge in [0.25, 0.3) is 0 Å². The maximum absolute atomic E-state index is 4.15. The van der Waals surface area contributed by atoms with Crippen molar-refractivity contribution >= 4 is 11.4 Å². The summed E-state index contributed by atoms with van der Waals surface area (Å²) in [7, 11) is 0. The molecular weight excluding hydrogens is 581 g/mol. The quantitative estimate of drug-likeness (QED) is 0.140. The number of hydrogen-bond acceptors (Lipinski definition) is 2. The molecule has 242 valence electrons. The van der Waals surface area contributed by atoms with E-state index in [0.717, 1.165) is 0 Å². The summed E-state index contributed by atoms with van der Waals surface area (Å²) in [4.78, 5) is 0. The Morgan fingerprint density at radius 1 is 0.375 bits per heavy atom. The highest BCUT2D eigenvalue weighted by Crippen LogP contribution is 2.44. The number of rotatable bonds is 11. The molecule has 2 unspecified atom stereocenters. The van der Waals surface area contributed by atoms with Crippen LogP contribution >= 0.6 is 0 Å². The summed E-state index contributed by atoms with van der Waals surface area (Å²) in [5.41, 5.74) is 15.3. The van der Waals surface area contributed by atoms with Gasteiger partial charge < -0.3 is 10.6 Å². The normalized spacial score (nSPS) is 12.6. The fourth-order valence-corrected chi connectivity index (χ4v) is 7.26. The Labute approximate surface area is 287 Å². The summed E-state index contributed by atoms with van der Waals surface area (Å²) in [6.45, 7) is 13.4. The summed E-state index contributed by atoms with van der Waals surface area (Å²) in [6.07, 6.45) is 0. The van der Waals surface area contributed by atoms with Gasteiger partial charge in [-0.2, -0.15) is 0 Å². The molecule has 6 aromatic rings. The molecule has 0 heterocycles. The minimum atomic E-state index is 0.0535. The van der Waals surface area contributed by atoms with Crippen molar-refractivity contribution in [3.8, 4) is 0 Å². The zero-order valence-electron chi connectivity index (χ0n) is 29.2. The van der Waals surface area contributed by atoms with Gasteiger partial charge in [-0.15, -0.1) is 0 Å². The van der Waals surface area contributed by atoms with Gasteiger partial charge in [0.2, 0.25) is 0 Å². The number of benzene rings is 6. The molecule has 0 radical (unpaired) electrons. The molecule has 0 amide bonds. The van der Waals surface area contributed by atoms with Gasteiger partial charge in [-0.05, 0) is 86.1 Å². The lowest BCUT2D eigenvalue weighted by Crippen LogP contribution is -2.36. The Kier molecular flexibility index (Phi) is 10.1. The minimum Gasteiger partial charge on any atom is -0.380 e. The Morgan fingerprint density at radius 2 is 0.667 bits per heavy atom. The van der Waals surface area contributed by atoms with Crippen LogP contribution in [0.4, 0.5) is 11.4 Å². The summed E-state index contributed by atoms with van der Waals surface area (Å²) in [5.74, 6) is 0.107. The molecule has 0 aliphatic carbocycles. The van der Waals surface area contributed by atoms with Crippen molar-refractivity contribution in [1.82, 2.24) is 0 Å². The van der Waals surface area contributed by atoms with E-state index in [9.17, 15) is 0 Å². The van der Waals surface area contributed by atoms with Crippen LogP contribution < -0.4 is 10.6 Å². The van der Waals surface area contributed by atoms with Crippen LogP contribution in [0.2, 0.25) is 0 Å². The molecule has 6 aromatic carbocycles. The second kappa shape index (κ2) is 14.8. The second-order valence-electron chi connectivity index (χ2n) is 13.5. The number of hydrogen-bond donors (Lipinski definition) is 2. The van der Waals surface area contributed by atoms with E-state index in [-0.39, 0.29) is 23.9 Å². The average molecular weight is 629 g/mol. The maximum atomic E-state index is 4.15. The van der Waals surface area contributed by atoms with Gasteiger partial charge in [0.15, 0.2) is 0 Å². The van der Waals surface area contributed by atoms with Gasteiger partial charge in [0, 0.05) is 35.3 Å². The van der Waals surface area contributed by atoms with E-state index in [0.29, 0.717) is 0 Å². The van der Waals surface area contributed by atoms with Gasteiger partial charge >= 0.3 is 0 Å². The smallest absolute Gasteiger partial charge is 0.0432 e. The Hall–Kier alpha value is -5.08. The van der Waals surface area contributed by atoms with Crippen LogP contribution in [-0.4, -0.2) is 12.1 Å². The molecule has 0 saturated carbocycles. The van der Waals surface area contributed by atoms with Crippen molar-refractivity contribution in [3.05, 3.63) is 201 Å². The number of nitrogens with one attached hydrogen (secondary N) is 2. The van der Waals surface area contributed by atoms with Crippen LogP contribution in [-0.2, 0) is 0 Å². The lowest BCUT2D eigenvalue weighted by Gasteiger charge is -2.33. The molecule has 6 rings (SSSR count). The van der Waals surface area contributed by atoms with Crippen molar-refractivity contribution in [1.29, 1.82) is 0 Å². The highest BCUT2D eigenvalue weighted by molar-refractivity contribution is 5.69. The molecule has 0 fully saturated rings. The van der Waals surface area contributed by atoms with Crippen LogP contribution in [0.25, 0.3) is 0 Å². The van der Waals surface area contributed by atoms with E-state index in [1.54, 1.807) is 0 Å². The fraction of sp³-hybridized carbons (Fsp3) is 0.217. The Balaban J connectivity index is 1.55. The molecule has 0 aliphatic heterocycles. The lowest BCUT2D eigenvalue weighted by atomic mass is 9.78. The summed E-state index contributed by atoms with van der Waals surface area (Å²) < 4.78 is 0. The molecule has 0 aromatic heterocycles. The van der Waals surface area contributed by atoms with E-state index in [1.165, 1.54) is 67.0 Å². The summed E-state index contributed by atoms with van der Waals surface area (Å²) >= 11 is 0. The van der Waals surface area contributed by atoms with Gasteiger partial charge in [-0.1, -0.05) is 157 Å². The third-order valence-electron chi connectivity index (χ3n) is 9.67. The van der Waals surface area contributed by atoms with Gasteiger partial charge in [-0.3, -0.25) is 0 Å². The monoisotopic (exact) mass is 628 g/mol. The maximum Gasteiger partial charge on any atom is 0.0432 e. The largest absolute Gasteiger partial charge is 0.380 e. The van der Waals surface area contributed by atoms with Gasteiger partial charge in [0.05, 0.1) is 0 Å². The van der Waals surface area contributed by atoms with Crippen LogP contribution in [0.5, 0.6) is 0 Å². The number of aryl methyl sites for hydroxylation is 4. The first-order valence-electron chi connectivity index (χ1n) is 17.2. The molecule has 48 heavy (non-hydrogen) atoms. The zero-order valence-corrected chi connectivity index (χ0v) is 29.2. The van der Waals surface area contributed by atoms with E-state index in [4.69, 9.17) is 0 Å². The molecule has 0 bridgehead atoms. The fourth-order valence-electron chi connectivity index (χ4n) is 7.26. The van der Waals surface area contributed by atoms with Crippen LogP contribution in [0.1, 0.15) is 81.3 Å². The third-order valence-corrected chi connectivity index (χ3v) is 9.67. The molecule has 0 saturated heterocycles. The SMILES string of the molecule is Cc1cc(C)c(NC(C)C(C)Nc2c(C(c3ccccc3)c3ccccc3)cc(C)cc2C(c2ccccc2)c2ccccc2)c(C)c1. The molecule has 2 nitrogen and oxygen atoms in total. The van der Waals surface area contributed by atoms with E-state index >= 15 is 0 Å². The molecular formula is C46H48N2. The highest BCUT2D eigenvalue weighted by Gasteiger charge is 2.28. The molecule has 2 heteroatoms. The Morgan fingerprint density at radius 3 is 1.00 bits per heavy atom. The second-order valence-corrected chi connectivity index (χ2v) is 13.5.